The van der Waals surface area contributed by atoms with E-state index >= 15 is 0 Å². The Labute approximate surface area is 139 Å². The lowest BCUT2D eigenvalue weighted by Crippen LogP contribution is -2.60. The first-order valence-corrected chi connectivity index (χ1v) is 8.27. The van der Waals surface area contributed by atoms with Crippen LogP contribution in [0.3, 0.4) is 0 Å². The number of hydrogen-bond acceptors (Lipinski definition) is 3. The lowest BCUT2D eigenvalue weighted by Gasteiger charge is -2.40. The minimum absolute atomic E-state index is 0.0120. The Morgan fingerprint density at radius 3 is 2.70 bits per heavy atom. The Morgan fingerprint density at radius 1 is 1.39 bits per heavy atom. The summed E-state index contributed by atoms with van der Waals surface area (Å²) in [5.41, 5.74) is 1.21. The summed E-state index contributed by atoms with van der Waals surface area (Å²) >= 11 is 0. The topological polar surface area (TPSA) is 44.8 Å². The van der Waals surface area contributed by atoms with E-state index in [-0.39, 0.29) is 17.7 Å². The molecule has 0 radical (unpaired) electrons. The van der Waals surface area contributed by atoms with Crippen molar-refractivity contribution in [3.63, 3.8) is 0 Å². The second-order valence-corrected chi connectivity index (χ2v) is 7.01. The summed E-state index contributed by atoms with van der Waals surface area (Å²) in [6, 6.07) is 8.15. The maximum atomic E-state index is 12.1. The third kappa shape index (κ3) is 4.61. The summed E-state index contributed by atoms with van der Waals surface area (Å²) in [6.07, 6.45) is 1.09. The van der Waals surface area contributed by atoms with E-state index in [9.17, 15) is 4.79 Å². The molecule has 1 aliphatic heterocycles. The van der Waals surface area contributed by atoms with Crippen LogP contribution in [0.2, 0.25) is 0 Å². The van der Waals surface area contributed by atoms with Gasteiger partial charge in [0.1, 0.15) is 11.9 Å². The zero-order valence-electron chi connectivity index (χ0n) is 14.9. The van der Waals surface area contributed by atoms with Gasteiger partial charge in [-0.25, -0.2) is 4.79 Å². The third-order valence-corrected chi connectivity index (χ3v) is 4.63. The SMILES string of the molecule is CCc1cccc(OC2CN(C(=O)NCC(C)(C)N(C)C)C2)c1. The quantitative estimate of drug-likeness (QED) is 0.875. The second-order valence-electron chi connectivity index (χ2n) is 7.01. The van der Waals surface area contributed by atoms with Crippen molar-refractivity contribution >= 4 is 6.03 Å². The largest absolute Gasteiger partial charge is 0.487 e. The molecule has 0 aliphatic carbocycles. The molecule has 1 aliphatic rings. The second kappa shape index (κ2) is 7.21. The van der Waals surface area contributed by atoms with E-state index in [4.69, 9.17) is 4.74 Å². The number of ether oxygens (including phenoxy) is 1. The van der Waals surface area contributed by atoms with Crippen molar-refractivity contribution in [2.24, 2.45) is 0 Å². The molecule has 0 aromatic heterocycles. The molecular weight excluding hydrogens is 290 g/mol. The smallest absolute Gasteiger partial charge is 0.317 e. The highest BCUT2D eigenvalue weighted by molar-refractivity contribution is 5.75. The molecule has 2 rings (SSSR count). The van der Waals surface area contributed by atoms with Gasteiger partial charge in [0.05, 0.1) is 13.1 Å². The van der Waals surface area contributed by atoms with Gasteiger partial charge in [-0.05, 0) is 52.1 Å². The number of urea groups is 1. The summed E-state index contributed by atoms with van der Waals surface area (Å²) in [5.74, 6) is 0.892. The minimum atomic E-state index is -0.0585. The fourth-order valence-corrected chi connectivity index (χ4v) is 2.27. The molecule has 0 unspecified atom stereocenters. The molecule has 1 saturated heterocycles. The van der Waals surface area contributed by atoms with Crippen LogP contribution in [0.5, 0.6) is 5.75 Å². The van der Waals surface area contributed by atoms with Crippen molar-refractivity contribution in [1.82, 2.24) is 15.1 Å². The maximum absolute atomic E-state index is 12.1. The van der Waals surface area contributed by atoms with E-state index in [2.05, 4.69) is 43.1 Å². The predicted molar refractivity (Wildman–Crippen MR) is 93.0 cm³/mol. The summed E-state index contributed by atoms with van der Waals surface area (Å²) in [7, 11) is 4.04. The van der Waals surface area contributed by atoms with Crippen molar-refractivity contribution in [2.75, 3.05) is 33.7 Å². The van der Waals surface area contributed by atoms with Crippen LogP contribution in [0.4, 0.5) is 4.79 Å². The first kappa shape index (κ1) is 17.6. The Hall–Kier alpha value is -1.75. The minimum Gasteiger partial charge on any atom is -0.487 e. The fourth-order valence-electron chi connectivity index (χ4n) is 2.27. The number of rotatable bonds is 6. The summed E-state index contributed by atoms with van der Waals surface area (Å²) in [5, 5.41) is 3.00. The molecule has 1 fully saturated rings. The molecule has 0 spiro atoms. The summed E-state index contributed by atoms with van der Waals surface area (Å²) in [4.78, 5) is 16.0. The van der Waals surface area contributed by atoms with Gasteiger partial charge in [0, 0.05) is 12.1 Å². The number of amides is 2. The molecule has 5 heteroatoms. The molecule has 1 heterocycles. The highest BCUT2D eigenvalue weighted by Crippen LogP contribution is 2.20. The van der Waals surface area contributed by atoms with Crippen LogP contribution in [0.1, 0.15) is 26.3 Å². The van der Waals surface area contributed by atoms with Crippen LogP contribution >= 0.6 is 0 Å². The van der Waals surface area contributed by atoms with E-state index in [1.54, 1.807) is 4.90 Å². The number of nitrogens with one attached hydrogen (secondary N) is 1. The number of hydrogen-bond donors (Lipinski definition) is 1. The molecule has 2 amide bonds. The van der Waals surface area contributed by atoms with Crippen LogP contribution in [0.15, 0.2) is 24.3 Å². The maximum Gasteiger partial charge on any atom is 0.317 e. The molecule has 0 saturated carbocycles. The summed E-state index contributed by atoms with van der Waals surface area (Å²) < 4.78 is 5.93. The average Bonchev–Trinajstić information content (AvgIpc) is 2.48. The van der Waals surface area contributed by atoms with Gasteiger partial charge in [-0.1, -0.05) is 19.1 Å². The number of likely N-dealkylation sites (N-methyl/N-ethyl adjacent to an activating group) is 1. The van der Waals surface area contributed by atoms with E-state index < -0.39 is 0 Å². The first-order chi connectivity index (χ1) is 10.8. The Bertz CT molecular complexity index is 537. The molecule has 1 N–H and O–H groups in total. The Kier molecular flexibility index (Phi) is 5.52. The van der Waals surface area contributed by atoms with Gasteiger partial charge < -0.3 is 19.9 Å². The van der Waals surface area contributed by atoms with Crippen LogP contribution in [-0.4, -0.2) is 61.2 Å². The lowest BCUT2D eigenvalue weighted by molar-refractivity contribution is 0.0430. The van der Waals surface area contributed by atoms with Crippen LogP contribution < -0.4 is 10.1 Å². The fraction of sp³-hybridized carbons (Fsp3) is 0.611. The van der Waals surface area contributed by atoms with Crippen LogP contribution in [0.25, 0.3) is 0 Å². The van der Waals surface area contributed by atoms with E-state index in [1.165, 1.54) is 5.56 Å². The van der Waals surface area contributed by atoms with Gasteiger partial charge in [0.2, 0.25) is 0 Å². The first-order valence-electron chi connectivity index (χ1n) is 8.27. The van der Waals surface area contributed by atoms with Crippen molar-refractivity contribution in [3.8, 4) is 5.75 Å². The van der Waals surface area contributed by atoms with Crippen molar-refractivity contribution in [1.29, 1.82) is 0 Å². The van der Waals surface area contributed by atoms with Gasteiger partial charge >= 0.3 is 6.03 Å². The zero-order valence-corrected chi connectivity index (χ0v) is 14.9. The number of benzene rings is 1. The normalized spacial score (nSPS) is 15.5. The van der Waals surface area contributed by atoms with Gasteiger partial charge in [-0.2, -0.15) is 0 Å². The van der Waals surface area contributed by atoms with Gasteiger partial charge in [0.15, 0.2) is 0 Å². The molecule has 0 bridgehead atoms. The van der Waals surface area contributed by atoms with E-state index in [1.807, 2.05) is 26.2 Å². The van der Waals surface area contributed by atoms with Gasteiger partial charge in [-0.15, -0.1) is 0 Å². The molecule has 1 aromatic carbocycles. The standard InChI is InChI=1S/C18H29N3O2/c1-6-14-8-7-9-15(10-14)23-16-11-21(12-16)17(22)19-13-18(2,3)20(4)5/h7-10,16H,6,11-13H2,1-5H3,(H,19,22). The Balaban J connectivity index is 1.74. The van der Waals surface area contributed by atoms with E-state index in [0.717, 1.165) is 12.2 Å². The molecule has 1 aromatic rings. The highest BCUT2D eigenvalue weighted by Gasteiger charge is 2.33. The predicted octanol–water partition coefficient (Wildman–Crippen LogP) is 2.36. The number of carbonyl (C=O) groups is 1. The molecule has 23 heavy (non-hydrogen) atoms. The third-order valence-electron chi connectivity index (χ3n) is 4.63. The van der Waals surface area contributed by atoms with Gasteiger partial charge in [-0.3, -0.25) is 0 Å². The number of aryl methyl sites for hydroxylation is 1. The number of nitrogens with zero attached hydrogens (tertiary/aromatic N) is 2. The van der Waals surface area contributed by atoms with Crippen molar-refractivity contribution in [3.05, 3.63) is 29.8 Å². The highest BCUT2D eigenvalue weighted by atomic mass is 16.5. The lowest BCUT2D eigenvalue weighted by atomic mass is 10.0. The van der Waals surface area contributed by atoms with Gasteiger partial charge in [0.25, 0.3) is 0 Å². The van der Waals surface area contributed by atoms with Crippen molar-refractivity contribution in [2.45, 2.75) is 38.8 Å². The van der Waals surface area contributed by atoms with E-state index in [0.29, 0.717) is 19.6 Å². The zero-order chi connectivity index (χ0) is 17.0. The molecular formula is C18H29N3O2. The Morgan fingerprint density at radius 2 is 2.09 bits per heavy atom. The number of carbonyl (C=O) groups excluding carboxylic acids is 1. The molecule has 0 atom stereocenters. The molecule has 5 nitrogen and oxygen atoms in total. The molecule has 128 valence electrons. The summed E-state index contributed by atoms with van der Waals surface area (Å²) in [6.45, 7) is 8.25. The number of likely N-dealkylation sites (tertiary alicyclic amines) is 1. The van der Waals surface area contributed by atoms with Crippen LogP contribution in [-0.2, 0) is 6.42 Å². The average molecular weight is 319 g/mol. The van der Waals surface area contributed by atoms with Crippen molar-refractivity contribution < 1.29 is 9.53 Å². The monoisotopic (exact) mass is 319 g/mol. The van der Waals surface area contributed by atoms with Crippen LogP contribution in [0, 0.1) is 0 Å².